The predicted octanol–water partition coefficient (Wildman–Crippen LogP) is 4.43. The lowest BCUT2D eigenvalue weighted by atomic mass is 9.96. The van der Waals surface area contributed by atoms with Crippen molar-refractivity contribution in [1.29, 1.82) is 0 Å². The predicted molar refractivity (Wildman–Crippen MR) is 107 cm³/mol. The Morgan fingerprint density at radius 2 is 1.69 bits per heavy atom. The summed E-state index contributed by atoms with van der Waals surface area (Å²) in [4.78, 5) is 24.1. The molecule has 0 spiro atoms. The van der Waals surface area contributed by atoms with Crippen LogP contribution in [0.5, 0.6) is 0 Å². The van der Waals surface area contributed by atoms with Crippen LogP contribution in [0.4, 0.5) is 0 Å². The number of carbonyl (C=O) groups excluding carboxylic acids is 2. The van der Waals surface area contributed by atoms with Crippen molar-refractivity contribution in [1.82, 2.24) is 5.32 Å². The number of unbranched alkanes of at least 4 members (excludes halogenated alkanes) is 1. The minimum atomic E-state index is -0.411. The van der Waals surface area contributed by atoms with Crippen molar-refractivity contribution < 1.29 is 9.59 Å². The normalized spacial score (nSPS) is 13.3. The second-order valence-electron chi connectivity index (χ2n) is 6.46. The van der Waals surface area contributed by atoms with Gasteiger partial charge in [-0.25, -0.2) is 0 Å². The average molecular weight is 349 g/mol. The van der Waals surface area contributed by atoms with Gasteiger partial charge in [0.1, 0.15) is 6.29 Å². The molecule has 0 aliphatic carbocycles. The van der Waals surface area contributed by atoms with Gasteiger partial charge in [-0.05, 0) is 24.0 Å². The van der Waals surface area contributed by atoms with Crippen LogP contribution in [0.2, 0.25) is 0 Å². The minimum Gasteiger partial charge on any atom is -0.346 e. The summed E-state index contributed by atoms with van der Waals surface area (Å²) in [5.41, 5.74) is 2.15. The highest BCUT2D eigenvalue weighted by Gasteiger charge is 2.19. The summed E-state index contributed by atoms with van der Waals surface area (Å²) < 4.78 is 0. The number of aldehydes is 1. The number of rotatable bonds is 10. The molecule has 0 aliphatic rings. The topological polar surface area (TPSA) is 46.2 Å². The van der Waals surface area contributed by atoms with E-state index in [2.05, 4.69) is 12.2 Å². The number of carbonyl (C=O) groups is 2. The van der Waals surface area contributed by atoms with E-state index in [1.54, 1.807) is 0 Å². The summed E-state index contributed by atoms with van der Waals surface area (Å²) in [6, 6.07) is 19.5. The van der Waals surface area contributed by atoms with Gasteiger partial charge in [-0.1, -0.05) is 92.6 Å². The highest BCUT2D eigenvalue weighted by molar-refractivity contribution is 5.84. The van der Waals surface area contributed by atoms with Crippen LogP contribution in [0.15, 0.2) is 66.7 Å². The molecule has 0 heterocycles. The van der Waals surface area contributed by atoms with Gasteiger partial charge in [0.25, 0.3) is 0 Å². The smallest absolute Gasteiger partial charge is 0.227 e. The van der Waals surface area contributed by atoms with Crippen LogP contribution in [0.3, 0.4) is 0 Å². The van der Waals surface area contributed by atoms with Crippen molar-refractivity contribution in [3.8, 4) is 0 Å². The lowest BCUT2D eigenvalue weighted by Gasteiger charge is -2.17. The van der Waals surface area contributed by atoms with Gasteiger partial charge < -0.3 is 10.1 Å². The maximum Gasteiger partial charge on any atom is 0.227 e. The van der Waals surface area contributed by atoms with Crippen LogP contribution < -0.4 is 5.32 Å². The van der Waals surface area contributed by atoms with Crippen LogP contribution in [0.1, 0.15) is 37.3 Å². The lowest BCUT2D eigenvalue weighted by Crippen LogP contribution is -2.40. The van der Waals surface area contributed by atoms with Crippen LogP contribution >= 0.6 is 0 Å². The summed E-state index contributed by atoms with van der Waals surface area (Å²) >= 11 is 0. The molecule has 0 bridgehead atoms. The molecule has 0 aliphatic heterocycles. The third-order valence-electron chi connectivity index (χ3n) is 4.32. The molecule has 0 saturated carbocycles. The van der Waals surface area contributed by atoms with E-state index in [1.807, 2.05) is 72.8 Å². The molecular formula is C23H27NO2. The number of hydrogen-bond acceptors (Lipinski definition) is 2. The molecule has 136 valence electrons. The lowest BCUT2D eigenvalue weighted by molar-refractivity contribution is -0.126. The fraction of sp³-hybridized carbons (Fsp3) is 0.304. The van der Waals surface area contributed by atoms with Crippen molar-refractivity contribution in [2.45, 2.75) is 38.6 Å². The Labute approximate surface area is 156 Å². The molecule has 1 amide bonds. The van der Waals surface area contributed by atoms with E-state index in [9.17, 15) is 9.59 Å². The standard InChI is InChI=1S/C23H27NO2/c1-2-3-14-22(18-25)24-23(26)21(17-20-12-8-5-9-13-20)16-15-19-10-6-4-7-11-19/h4-13,15-16,18,21-22H,2-3,14,17H2,1H3,(H,24,26)/t21?,22-/m0/s1. The number of hydrogen-bond donors (Lipinski definition) is 1. The fourth-order valence-electron chi connectivity index (χ4n) is 2.80. The van der Waals surface area contributed by atoms with Crippen LogP contribution in [-0.4, -0.2) is 18.2 Å². The Kier molecular flexibility index (Phi) is 8.34. The first kappa shape index (κ1) is 19.6. The molecule has 26 heavy (non-hydrogen) atoms. The zero-order valence-electron chi connectivity index (χ0n) is 15.3. The molecular weight excluding hydrogens is 322 g/mol. The first-order valence-corrected chi connectivity index (χ1v) is 9.25. The Hall–Kier alpha value is -2.68. The van der Waals surface area contributed by atoms with E-state index in [-0.39, 0.29) is 11.8 Å². The van der Waals surface area contributed by atoms with Gasteiger partial charge in [-0.2, -0.15) is 0 Å². The van der Waals surface area contributed by atoms with Gasteiger partial charge in [0, 0.05) is 0 Å². The fourth-order valence-corrected chi connectivity index (χ4v) is 2.80. The van der Waals surface area contributed by atoms with E-state index in [0.717, 1.165) is 30.3 Å². The molecule has 2 aromatic rings. The Morgan fingerprint density at radius 1 is 1.04 bits per heavy atom. The molecule has 1 unspecified atom stereocenters. The van der Waals surface area contributed by atoms with Gasteiger partial charge in [0.05, 0.1) is 12.0 Å². The Morgan fingerprint density at radius 3 is 2.31 bits per heavy atom. The summed E-state index contributed by atoms with van der Waals surface area (Å²) in [5, 5.41) is 2.90. The molecule has 0 saturated heterocycles. The maximum atomic E-state index is 12.8. The Balaban J connectivity index is 2.12. The van der Waals surface area contributed by atoms with Crippen molar-refractivity contribution >= 4 is 18.3 Å². The van der Waals surface area contributed by atoms with Gasteiger partial charge in [0.2, 0.25) is 5.91 Å². The minimum absolute atomic E-state index is 0.103. The molecule has 0 aromatic heterocycles. The van der Waals surface area contributed by atoms with Crippen molar-refractivity contribution in [2.75, 3.05) is 0 Å². The van der Waals surface area contributed by atoms with E-state index in [4.69, 9.17) is 0 Å². The van der Waals surface area contributed by atoms with Gasteiger partial charge in [-0.15, -0.1) is 0 Å². The molecule has 2 aromatic carbocycles. The summed E-state index contributed by atoms with van der Waals surface area (Å²) in [6.45, 7) is 2.07. The molecule has 3 nitrogen and oxygen atoms in total. The van der Waals surface area contributed by atoms with Crippen LogP contribution in [-0.2, 0) is 16.0 Å². The first-order chi connectivity index (χ1) is 12.7. The Bertz CT molecular complexity index is 695. The van der Waals surface area contributed by atoms with E-state index >= 15 is 0 Å². The summed E-state index contributed by atoms with van der Waals surface area (Å²) in [5.74, 6) is -0.420. The number of amides is 1. The number of nitrogens with one attached hydrogen (secondary N) is 1. The summed E-state index contributed by atoms with van der Waals surface area (Å²) in [6.07, 6.45) is 7.96. The molecule has 3 heteroatoms. The maximum absolute atomic E-state index is 12.8. The third-order valence-corrected chi connectivity index (χ3v) is 4.32. The zero-order valence-corrected chi connectivity index (χ0v) is 15.3. The average Bonchev–Trinajstić information content (AvgIpc) is 2.69. The molecule has 2 atom stereocenters. The van der Waals surface area contributed by atoms with E-state index < -0.39 is 6.04 Å². The zero-order chi connectivity index (χ0) is 18.6. The third kappa shape index (κ3) is 6.67. The number of benzene rings is 2. The molecule has 2 rings (SSSR count). The van der Waals surface area contributed by atoms with Crippen LogP contribution in [0.25, 0.3) is 6.08 Å². The second kappa shape index (κ2) is 11.0. The second-order valence-corrected chi connectivity index (χ2v) is 6.46. The highest BCUT2D eigenvalue weighted by atomic mass is 16.2. The van der Waals surface area contributed by atoms with Crippen molar-refractivity contribution in [2.24, 2.45) is 5.92 Å². The van der Waals surface area contributed by atoms with Gasteiger partial charge in [-0.3, -0.25) is 4.79 Å². The van der Waals surface area contributed by atoms with Crippen LogP contribution in [0, 0.1) is 5.92 Å². The van der Waals surface area contributed by atoms with Crippen molar-refractivity contribution in [3.05, 3.63) is 77.9 Å². The quantitative estimate of drug-likeness (QED) is 0.645. The first-order valence-electron chi connectivity index (χ1n) is 9.25. The largest absolute Gasteiger partial charge is 0.346 e. The molecule has 0 radical (unpaired) electrons. The monoisotopic (exact) mass is 349 g/mol. The van der Waals surface area contributed by atoms with Crippen molar-refractivity contribution in [3.63, 3.8) is 0 Å². The highest BCUT2D eigenvalue weighted by Crippen LogP contribution is 2.14. The molecule has 0 fully saturated rings. The van der Waals surface area contributed by atoms with E-state index in [0.29, 0.717) is 12.8 Å². The van der Waals surface area contributed by atoms with Gasteiger partial charge in [0.15, 0.2) is 0 Å². The molecule has 1 N–H and O–H groups in total. The van der Waals surface area contributed by atoms with E-state index in [1.165, 1.54) is 0 Å². The SMILES string of the molecule is CCCC[C@@H](C=O)NC(=O)C(C=Cc1ccccc1)Cc1ccccc1. The summed E-state index contributed by atoms with van der Waals surface area (Å²) in [7, 11) is 0. The van der Waals surface area contributed by atoms with Gasteiger partial charge >= 0.3 is 0 Å².